The first kappa shape index (κ1) is 18.5. The zero-order valence-electron chi connectivity index (χ0n) is 12.3. The number of carbonyl (C=O) groups is 2. The molecule has 9 heteroatoms. The topological polar surface area (TPSA) is 76.1 Å². The summed E-state index contributed by atoms with van der Waals surface area (Å²) in [7, 11) is 0. The minimum absolute atomic E-state index is 0.0518. The number of esters is 1. The van der Waals surface area contributed by atoms with Gasteiger partial charge in [0.25, 0.3) is 0 Å². The molecule has 0 aliphatic carbocycles. The fraction of sp³-hybridized carbons (Fsp3) is 0.846. The van der Waals surface area contributed by atoms with Gasteiger partial charge in [-0.1, -0.05) is 0 Å². The van der Waals surface area contributed by atoms with Gasteiger partial charge in [-0.25, -0.2) is 14.0 Å². The van der Waals surface area contributed by atoms with Crippen LogP contribution in [0.5, 0.6) is 0 Å². The number of hydrogen-bond donors (Lipinski definition) is 1. The lowest BCUT2D eigenvalue weighted by atomic mass is 9.87. The van der Waals surface area contributed by atoms with E-state index in [2.05, 4.69) is 9.47 Å². The molecular formula is C13H20F3NO5. The highest BCUT2D eigenvalue weighted by Crippen LogP contribution is 2.38. The molecule has 0 radical (unpaired) electrons. The summed E-state index contributed by atoms with van der Waals surface area (Å²) < 4.78 is 49.0. The summed E-state index contributed by atoms with van der Waals surface area (Å²) in [5, 5.41) is 10.2. The lowest BCUT2D eigenvalue weighted by Crippen LogP contribution is -2.54. The van der Waals surface area contributed by atoms with Gasteiger partial charge >= 0.3 is 18.0 Å². The average molecular weight is 327 g/mol. The Balaban J connectivity index is 2.75. The van der Waals surface area contributed by atoms with E-state index in [1.165, 1.54) is 6.92 Å². The van der Waals surface area contributed by atoms with E-state index in [4.69, 9.17) is 0 Å². The molecule has 0 aromatic heterocycles. The second-order valence-corrected chi connectivity index (χ2v) is 4.97. The summed E-state index contributed by atoms with van der Waals surface area (Å²) in [4.78, 5) is 24.0. The number of amides is 1. The molecule has 0 bridgehead atoms. The van der Waals surface area contributed by atoms with Crippen LogP contribution in [0.2, 0.25) is 0 Å². The maximum absolute atomic E-state index is 14.1. The number of aliphatic hydroxyl groups is 1. The smallest absolute Gasteiger partial charge is 0.409 e. The fourth-order valence-electron chi connectivity index (χ4n) is 2.24. The van der Waals surface area contributed by atoms with Gasteiger partial charge < -0.3 is 19.5 Å². The van der Waals surface area contributed by atoms with Crippen LogP contribution in [0.15, 0.2) is 0 Å². The first-order valence-corrected chi connectivity index (χ1v) is 7.03. The second-order valence-electron chi connectivity index (χ2n) is 4.97. The molecule has 6 nitrogen and oxygen atoms in total. The lowest BCUT2D eigenvalue weighted by Gasteiger charge is -2.33. The molecule has 0 aromatic rings. The molecule has 0 aromatic carbocycles. The molecule has 0 spiro atoms. The largest absolute Gasteiger partial charge is 0.461 e. The van der Waals surface area contributed by atoms with Gasteiger partial charge in [-0.15, -0.1) is 0 Å². The first-order chi connectivity index (χ1) is 10.3. The predicted octanol–water partition coefficient (Wildman–Crippen LogP) is 1.51. The van der Waals surface area contributed by atoms with Crippen LogP contribution in [-0.4, -0.2) is 66.6 Å². The van der Waals surface area contributed by atoms with Crippen LogP contribution in [0.3, 0.4) is 0 Å². The van der Waals surface area contributed by atoms with Gasteiger partial charge in [0.15, 0.2) is 0 Å². The third kappa shape index (κ3) is 4.02. The van der Waals surface area contributed by atoms with Crippen molar-refractivity contribution < 1.29 is 37.3 Å². The van der Waals surface area contributed by atoms with Crippen LogP contribution in [0.4, 0.5) is 18.0 Å². The molecule has 1 saturated heterocycles. The number of rotatable bonds is 5. The molecule has 22 heavy (non-hydrogen) atoms. The highest BCUT2D eigenvalue weighted by molar-refractivity contribution is 5.79. The Labute approximate surface area is 126 Å². The van der Waals surface area contributed by atoms with E-state index in [9.17, 15) is 27.9 Å². The Morgan fingerprint density at radius 1 is 1.27 bits per heavy atom. The molecule has 1 aliphatic heterocycles. The molecule has 1 fully saturated rings. The van der Waals surface area contributed by atoms with Gasteiger partial charge in [0.1, 0.15) is 18.9 Å². The van der Waals surface area contributed by atoms with Crippen molar-refractivity contribution >= 4 is 12.1 Å². The third-order valence-electron chi connectivity index (χ3n) is 3.49. The number of halogens is 3. The number of nitrogens with zero attached hydrogens (tertiary/aromatic N) is 1. The minimum atomic E-state index is -4.07. The molecule has 1 rings (SSSR count). The van der Waals surface area contributed by atoms with Crippen LogP contribution in [0.1, 0.15) is 26.2 Å². The quantitative estimate of drug-likeness (QED) is 0.775. The van der Waals surface area contributed by atoms with E-state index >= 15 is 0 Å². The number of hydrogen-bond acceptors (Lipinski definition) is 5. The van der Waals surface area contributed by atoms with Gasteiger partial charge in [-0.2, -0.15) is 8.78 Å². The summed E-state index contributed by atoms with van der Waals surface area (Å²) in [6, 6.07) is 0. The Morgan fingerprint density at radius 3 is 2.55 bits per heavy atom. The Bertz CT molecular complexity index is 407. The zero-order chi connectivity index (χ0) is 16.8. The highest BCUT2D eigenvalue weighted by Gasteiger charge is 2.59. The lowest BCUT2D eigenvalue weighted by molar-refractivity contribution is -0.216. The summed E-state index contributed by atoms with van der Waals surface area (Å²) in [5.74, 6) is -5.85. The van der Waals surface area contributed by atoms with E-state index in [1.54, 1.807) is 0 Å². The molecule has 1 atom stereocenters. The van der Waals surface area contributed by atoms with Crippen LogP contribution >= 0.6 is 0 Å². The van der Waals surface area contributed by atoms with Gasteiger partial charge in [-0.3, -0.25) is 0 Å². The summed E-state index contributed by atoms with van der Waals surface area (Å²) >= 11 is 0. The van der Waals surface area contributed by atoms with Crippen LogP contribution in [0.25, 0.3) is 0 Å². The summed E-state index contributed by atoms with van der Waals surface area (Å²) in [5.41, 5.74) is -2.59. The van der Waals surface area contributed by atoms with Gasteiger partial charge in [0, 0.05) is 19.5 Å². The molecule has 1 unspecified atom stereocenters. The summed E-state index contributed by atoms with van der Waals surface area (Å²) in [6.45, 7) is -0.258. The minimum Gasteiger partial charge on any atom is -0.461 e. The monoisotopic (exact) mass is 327 g/mol. The second kappa shape index (κ2) is 7.66. The molecular weight excluding hydrogens is 307 g/mol. The maximum atomic E-state index is 14.1. The van der Waals surface area contributed by atoms with Crippen molar-refractivity contribution in [1.82, 2.24) is 4.90 Å². The van der Waals surface area contributed by atoms with Crippen LogP contribution in [0, 0.1) is 0 Å². The van der Waals surface area contributed by atoms with Crippen molar-refractivity contribution in [3.05, 3.63) is 0 Å². The Hall–Kier alpha value is -1.51. The Morgan fingerprint density at radius 2 is 1.95 bits per heavy atom. The fourth-order valence-corrected chi connectivity index (χ4v) is 2.24. The maximum Gasteiger partial charge on any atom is 0.409 e. The average Bonchev–Trinajstić information content (AvgIpc) is 2.68. The normalized spacial score (nSPS) is 22.9. The number of alkyl halides is 3. The van der Waals surface area contributed by atoms with Crippen molar-refractivity contribution in [2.75, 3.05) is 33.0 Å². The van der Waals surface area contributed by atoms with Gasteiger partial charge in [0.05, 0.1) is 6.61 Å². The van der Waals surface area contributed by atoms with Crippen LogP contribution < -0.4 is 0 Å². The van der Waals surface area contributed by atoms with Crippen molar-refractivity contribution in [3.63, 3.8) is 0 Å². The van der Waals surface area contributed by atoms with E-state index in [1.807, 2.05) is 0 Å². The third-order valence-corrected chi connectivity index (χ3v) is 3.49. The predicted molar refractivity (Wildman–Crippen MR) is 69.3 cm³/mol. The van der Waals surface area contributed by atoms with Crippen molar-refractivity contribution in [2.45, 2.75) is 37.7 Å². The van der Waals surface area contributed by atoms with E-state index in [0.29, 0.717) is 0 Å². The van der Waals surface area contributed by atoms with Gasteiger partial charge in [0.2, 0.25) is 0 Å². The standard InChI is InChI=1S/C13H20F3NO5/c1-2-21-10(18)13(15,16)12(20)4-3-7-17(8-5-12)11(19)22-9-6-14/h20H,2-9H2,1H3. The SMILES string of the molecule is CCOC(=O)C(F)(F)C1(O)CCCN(C(=O)OCCF)CC1. The Kier molecular flexibility index (Phi) is 6.46. The number of carbonyl (C=O) groups excluding carboxylic acids is 2. The molecule has 128 valence electrons. The molecule has 0 saturated carbocycles. The molecule has 1 amide bonds. The van der Waals surface area contributed by atoms with Crippen molar-refractivity contribution in [1.29, 1.82) is 0 Å². The molecule has 1 heterocycles. The first-order valence-electron chi connectivity index (χ1n) is 7.03. The highest BCUT2D eigenvalue weighted by atomic mass is 19.3. The van der Waals surface area contributed by atoms with E-state index in [-0.39, 0.29) is 32.5 Å². The van der Waals surface area contributed by atoms with E-state index in [0.717, 1.165) is 4.90 Å². The summed E-state index contributed by atoms with van der Waals surface area (Å²) in [6.07, 6.45) is -1.66. The molecule has 1 N–H and O–H groups in total. The van der Waals surface area contributed by atoms with Crippen molar-refractivity contribution in [2.24, 2.45) is 0 Å². The number of likely N-dealkylation sites (tertiary alicyclic amines) is 1. The van der Waals surface area contributed by atoms with E-state index < -0.39 is 43.3 Å². The van der Waals surface area contributed by atoms with Gasteiger partial charge in [-0.05, 0) is 19.8 Å². The van der Waals surface area contributed by atoms with Crippen LogP contribution in [-0.2, 0) is 14.3 Å². The zero-order valence-corrected chi connectivity index (χ0v) is 12.3. The van der Waals surface area contributed by atoms with Crippen molar-refractivity contribution in [3.8, 4) is 0 Å². The number of ether oxygens (including phenoxy) is 2. The molecule has 1 aliphatic rings.